The summed E-state index contributed by atoms with van der Waals surface area (Å²) in [7, 11) is 0. The lowest BCUT2D eigenvalue weighted by molar-refractivity contribution is 0.583. The quantitative estimate of drug-likeness (QED) is 0.180. The molecule has 2 nitrogen and oxygen atoms in total. The van der Waals surface area contributed by atoms with Crippen molar-refractivity contribution in [1.29, 1.82) is 0 Å². The molecule has 1 aliphatic rings. The Balaban J connectivity index is 1.22. The van der Waals surface area contributed by atoms with Crippen molar-refractivity contribution in [3.63, 3.8) is 0 Å². The van der Waals surface area contributed by atoms with Crippen molar-refractivity contribution in [2.75, 3.05) is 0 Å². The average molecular weight is 627 g/mol. The normalized spacial score (nSPS) is 13.3. The first-order valence-corrected chi connectivity index (χ1v) is 17.1. The highest BCUT2D eigenvalue weighted by Gasteiger charge is 2.40. The maximum atomic E-state index is 3.97. The molecular formula is C47H34N2. The first-order valence-electron chi connectivity index (χ1n) is 17.1. The van der Waals surface area contributed by atoms with E-state index in [1.165, 1.54) is 82.8 Å². The largest absolute Gasteiger partial charge is 0.309 e. The van der Waals surface area contributed by atoms with Crippen molar-refractivity contribution in [3.05, 3.63) is 187 Å². The maximum Gasteiger partial charge on any atom is 0.0541 e. The Labute approximate surface area is 285 Å². The van der Waals surface area contributed by atoms with Crippen LogP contribution in [0.2, 0.25) is 0 Å². The van der Waals surface area contributed by atoms with Crippen molar-refractivity contribution in [3.8, 4) is 22.5 Å². The van der Waals surface area contributed by atoms with Gasteiger partial charge >= 0.3 is 0 Å². The van der Waals surface area contributed by atoms with Crippen LogP contribution in [0.5, 0.6) is 0 Å². The lowest BCUT2D eigenvalue weighted by Crippen LogP contribution is -2.24. The van der Waals surface area contributed by atoms with Crippen molar-refractivity contribution < 1.29 is 0 Å². The number of aromatic nitrogens is 2. The zero-order valence-corrected chi connectivity index (χ0v) is 27.4. The van der Waals surface area contributed by atoms with E-state index in [4.69, 9.17) is 0 Å². The predicted molar refractivity (Wildman–Crippen MR) is 207 cm³/mol. The second kappa shape index (κ2) is 10.4. The molecule has 0 N–H and O–H groups in total. The summed E-state index contributed by atoms with van der Waals surface area (Å²) < 4.78 is 4.87. The van der Waals surface area contributed by atoms with Crippen LogP contribution in [0, 0.1) is 0 Å². The van der Waals surface area contributed by atoms with E-state index in [9.17, 15) is 0 Å². The van der Waals surface area contributed by atoms with Gasteiger partial charge in [-0.15, -0.1) is 0 Å². The third-order valence-corrected chi connectivity index (χ3v) is 10.9. The molecule has 0 radical (unpaired) electrons. The number of fused-ring (bicyclic) bond motifs is 9. The summed E-state index contributed by atoms with van der Waals surface area (Å²) in [4.78, 5) is 0. The summed E-state index contributed by atoms with van der Waals surface area (Å²) in [5.41, 5.74) is 14.9. The first-order chi connectivity index (χ1) is 24.1. The van der Waals surface area contributed by atoms with Gasteiger partial charge in [-0.3, -0.25) is 0 Å². The minimum atomic E-state index is -0.195. The average Bonchev–Trinajstić information content (AvgIpc) is 3.75. The van der Waals surface area contributed by atoms with E-state index in [1.807, 2.05) is 6.08 Å². The third-order valence-electron chi connectivity index (χ3n) is 10.9. The summed E-state index contributed by atoms with van der Waals surface area (Å²) in [6, 6.07) is 58.3. The van der Waals surface area contributed by atoms with Crippen molar-refractivity contribution in [1.82, 2.24) is 9.13 Å². The third kappa shape index (κ3) is 4.01. The van der Waals surface area contributed by atoms with E-state index in [0.29, 0.717) is 0 Å². The Hall–Kier alpha value is -6.12. The molecule has 49 heavy (non-hydrogen) atoms. The molecule has 0 atom stereocenters. The van der Waals surface area contributed by atoms with Gasteiger partial charge in [-0.25, -0.2) is 0 Å². The van der Waals surface area contributed by atoms with E-state index < -0.39 is 0 Å². The fourth-order valence-corrected chi connectivity index (χ4v) is 8.67. The molecule has 0 unspecified atom stereocenters. The molecule has 2 aromatic heterocycles. The molecule has 0 amide bonds. The molecule has 0 spiro atoms. The van der Waals surface area contributed by atoms with Crippen LogP contribution in [0.15, 0.2) is 164 Å². The minimum Gasteiger partial charge on any atom is -0.309 e. The van der Waals surface area contributed by atoms with E-state index >= 15 is 0 Å². The standard InChI is InChI=1S/C47H34N2/c1-3-31-20-22-32(23-21-31)30-47(2)41-26-24-33(48-43-16-8-4-12-35(43)36-13-5-9-17-44(36)48)28-39(41)40-29-34(25-27-42(40)47)49-45-18-10-6-14-37(45)38-15-7-11-19-46(38)49/h3-29H,1,30H2,2H3. The molecule has 10 rings (SSSR count). The summed E-state index contributed by atoms with van der Waals surface area (Å²) in [6.45, 7) is 6.40. The van der Waals surface area contributed by atoms with Crippen molar-refractivity contribution in [2.24, 2.45) is 0 Å². The van der Waals surface area contributed by atoms with Gasteiger partial charge in [0.25, 0.3) is 0 Å². The van der Waals surface area contributed by atoms with Gasteiger partial charge in [0, 0.05) is 38.3 Å². The molecule has 0 fully saturated rings. The number of hydrogen-bond acceptors (Lipinski definition) is 0. The smallest absolute Gasteiger partial charge is 0.0541 e. The Bertz CT molecular complexity index is 2500. The SMILES string of the molecule is C=Cc1ccc(CC2(C)c3ccc(-n4c5ccccc5c5ccccc54)cc3-c3cc(-n4c5ccccc5c5ccccc54)ccc32)cc1. The summed E-state index contributed by atoms with van der Waals surface area (Å²) in [5.74, 6) is 0. The van der Waals surface area contributed by atoms with Crippen LogP contribution in [-0.4, -0.2) is 9.13 Å². The Kier molecular flexibility index (Phi) is 5.95. The predicted octanol–water partition coefficient (Wildman–Crippen LogP) is 12.1. The van der Waals surface area contributed by atoms with Crippen LogP contribution >= 0.6 is 0 Å². The zero-order chi connectivity index (χ0) is 32.7. The van der Waals surface area contributed by atoms with Crippen LogP contribution in [0.1, 0.15) is 29.2 Å². The van der Waals surface area contributed by atoms with Crippen LogP contribution < -0.4 is 0 Å². The first kappa shape index (κ1) is 27.9. The van der Waals surface area contributed by atoms with Gasteiger partial charge in [0.05, 0.1) is 22.1 Å². The number of para-hydroxylation sites is 4. The number of hydrogen-bond donors (Lipinski definition) is 0. The van der Waals surface area contributed by atoms with E-state index in [-0.39, 0.29) is 5.41 Å². The molecule has 0 saturated carbocycles. The number of rotatable bonds is 5. The highest BCUT2D eigenvalue weighted by Crippen LogP contribution is 2.52. The van der Waals surface area contributed by atoms with Crippen LogP contribution in [0.25, 0.3) is 72.2 Å². The van der Waals surface area contributed by atoms with Gasteiger partial charge in [-0.1, -0.05) is 129 Å². The lowest BCUT2D eigenvalue weighted by atomic mass is 9.75. The van der Waals surface area contributed by atoms with Crippen molar-refractivity contribution in [2.45, 2.75) is 18.8 Å². The zero-order valence-electron chi connectivity index (χ0n) is 27.4. The van der Waals surface area contributed by atoms with Crippen molar-refractivity contribution >= 4 is 49.7 Å². The molecule has 9 aromatic rings. The van der Waals surface area contributed by atoms with Gasteiger partial charge in [0.1, 0.15) is 0 Å². The molecule has 1 aliphatic carbocycles. The lowest BCUT2D eigenvalue weighted by Gasteiger charge is -2.28. The van der Waals surface area contributed by atoms with Gasteiger partial charge < -0.3 is 9.13 Å². The summed E-state index contributed by atoms with van der Waals surface area (Å²) >= 11 is 0. The van der Waals surface area contributed by atoms with E-state index in [2.05, 4.69) is 180 Å². The maximum absolute atomic E-state index is 3.97. The molecule has 0 bridgehead atoms. The highest BCUT2D eigenvalue weighted by atomic mass is 15.0. The second-order valence-electron chi connectivity index (χ2n) is 13.7. The van der Waals surface area contributed by atoms with Gasteiger partial charge in [-0.2, -0.15) is 0 Å². The topological polar surface area (TPSA) is 9.86 Å². The fraction of sp³-hybridized carbons (Fsp3) is 0.0638. The number of benzene rings is 7. The molecule has 0 aliphatic heterocycles. The molecule has 0 saturated heterocycles. The highest BCUT2D eigenvalue weighted by molar-refractivity contribution is 6.10. The van der Waals surface area contributed by atoms with E-state index in [1.54, 1.807) is 0 Å². The van der Waals surface area contributed by atoms with Crippen LogP contribution in [0.4, 0.5) is 0 Å². The Morgan fingerprint density at radius 2 is 0.878 bits per heavy atom. The Morgan fingerprint density at radius 3 is 1.27 bits per heavy atom. The molecule has 2 heterocycles. The molecule has 2 heteroatoms. The summed E-state index contributed by atoms with van der Waals surface area (Å²) in [5, 5.41) is 5.11. The minimum absolute atomic E-state index is 0.195. The molecular weight excluding hydrogens is 593 g/mol. The van der Waals surface area contributed by atoms with Gasteiger partial charge in [0.15, 0.2) is 0 Å². The summed E-state index contributed by atoms with van der Waals surface area (Å²) in [6.07, 6.45) is 2.83. The van der Waals surface area contributed by atoms with Gasteiger partial charge in [0.2, 0.25) is 0 Å². The second-order valence-corrected chi connectivity index (χ2v) is 13.7. The number of nitrogens with zero attached hydrogens (tertiary/aromatic N) is 2. The van der Waals surface area contributed by atoms with Gasteiger partial charge in [-0.05, 0) is 88.3 Å². The molecule has 7 aromatic carbocycles. The van der Waals surface area contributed by atoms with E-state index in [0.717, 1.165) is 12.0 Å². The van der Waals surface area contributed by atoms with Crippen LogP contribution in [0.3, 0.4) is 0 Å². The Morgan fingerprint density at radius 1 is 0.490 bits per heavy atom. The fourth-order valence-electron chi connectivity index (χ4n) is 8.67. The molecule has 232 valence electrons. The monoisotopic (exact) mass is 626 g/mol. The van der Waals surface area contributed by atoms with Crippen LogP contribution in [-0.2, 0) is 11.8 Å².